The molecule has 0 aliphatic heterocycles. The summed E-state index contributed by atoms with van der Waals surface area (Å²) in [7, 11) is 0. The second-order valence-corrected chi connectivity index (χ2v) is 7.40. The van der Waals surface area contributed by atoms with E-state index >= 15 is 0 Å². The van der Waals surface area contributed by atoms with Crippen molar-refractivity contribution in [3.05, 3.63) is 70.3 Å². The number of benzene rings is 2. The molecule has 0 aromatic heterocycles. The molecule has 0 radical (unpaired) electrons. The molecular formula is C24H29N3O3. The monoisotopic (exact) mass is 407 g/mol. The molecule has 1 amide bonds. The van der Waals surface area contributed by atoms with E-state index in [-0.39, 0.29) is 17.8 Å². The lowest BCUT2D eigenvalue weighted by atomic mass is 10.1. The Morgan fingerprint density at radius 2 is 1.80 bits per heavy atom. The van der Waals surface area contributed by atoms with Crippen LogP contribution in [0.3, 0.4) is 0 Å². The Bertz CT molecular complexity index is 962. The largest absolute Gasteiger partial charge is 0.423 e. The van der Waals surface area contributed by atoms with Gasteiger partial charge < -0.3 is 15.8 Å². The first kappa shape index (κ1) is 22.9. The molecule has 0 saturated heterocycles. The van der Waals surface area contributed by atoms with Crippen LogP contribution in [0.4, 0.5) is 0 Å². The van der Waals surface area contributed by atoms with Gasteiger partial charge >= 0.3 is 5.97 Å². The molecule has 0 fully saturated rings. The molecule has 6 nitrogen and oxygen atoms in total. The fourth-order valence-electron chi connectivity index (χ4n) is 2.96. The van der Waals surface area contributed by atoms with E-state index in [2.05, 4.69) is 12.2 Å². The first-order chi connectivity index (χ1) is 14.2. The predicted octanol–water partition coefficient (Wildman–Crippen LogP) is 4.21. The van der Waals surface area contributed by atoms with Gasteiger partial charge in [-0.15, -0.1) is 0 Å². The van der Waals surface area contributed by atoms with Crippen molar-refractivity contribution in [2.24, 2.45) is 5.73 Å². The molecule has 0 bridgehead atoms. The SMILES string of the molecule is CCC[C@@H](C)NC(=O)/C(C)=C/c1ccc(C(=O)Oc2ccc(C(=N)N)cc2C)cc1. The Kier molecular flexibility index (Phi) is 7.92. The molecule has 0 aliphatic rings. The minimum Gasteiger partial charge on any atom is -0.423 e. The minimum atomic E-state index is -0.480. The van der Waals surface area contributed by atoms with Crippen LogP contribution >= 0.6 is 0 Å². The molecule has 0 unspecified atom stereocenters. The number of nitrogens with two attached hydrogens (primary N) is 1. The highest BCUT2D eigenvalue weighted by Gasteiger charge is 2.12. The van der Waals surface area contributed by atoms with Gasteiger partial charge in [0, 0.05) is 17.2 Å². The van der Waals surface area contributed by atoms with E-state index in [0.717, 1.165) is 24.0 Å². The van der Waals surface area contributed by atoms with E-state index in [1.54, 1.807) is 62.4 Å². The van der Waals surface area contributed by atoms with Crippen molar-refractivity contribution < 1.29 is 14.3 Å². The molecule has 0 heterocycles. The van der Waals surface area contributed by atoms with Crippen LogP contribution in [0.1, 0.15) is 60.7 Å². The summed E-state index contributed by atoms with van der Waals surface area (Å²) in [4.78, 5) is 24.7. The first-order valence-corrected chi connectivity index (χ1v) is 9.97. The Balaban J connectivity index is 2.05. The molecular weight excluding hydrogens is 378 g/mol. The van der Waals surface area contributed by atoms with E-state index in [1.165, 1.54) is 0 Å². The van der Waals surface area contributed by atoms with Crippen molar-refractivity contribution in [3.63, 3.8) is 0 Å². The number of carbonyl (C=O) groups excluding carboxylic acids is 2. The van der Waals surface area contributed by atoms with E-state index in [4.69, 9.17) is 15.9 Å². The Hall–Kier alpha value is -3.41. The molecule has 2 rings (SSSR count). The summed E-state index contributed by atoms with van der Waals surface area (Å²) in [5.74, 6) is -0.193. The van der Waals surface area contributed by atoms with Crippen LogP contribution in [0.5, 0.6) is 5.75 Å². The van der Waals surface area contributed by atoms with Gasteiger partial charge in [-0.2, -0.15) is 0 Å². The second kappa shape index (κ2) is 10.4. The number of rotatable bonds is 8. The highest BCUT2D eigenvalue weighted by atomic mass is 16.5. The number of ether oxygens (including phenoxy) is 1. The van der Waals surface area contributed by atoms with Crippen LogP contribution in [0.15, 0.2) is 48.0 Å². The van der Waals surface area contributed by atoms with Gasteiger partial charge in [0.25, 0.3) is 0 Å². The van der Waals surface area contributed by atoms with Crippen molar-refractivity contribution in [3.8, 4) is 5.75 Å². The second-order valence-electron chi connectivity index (χ2n) is 7.40. The zero-order valence-electron chi connectivity index (χ0n) is 17.9. The molecule has 0 spiro atoms. The predicted molar refractivity (Wildman–Crippen MR) is 120 cm³/mol. The number of nitrogens with one attached hydrogen (secondary N) is 2. The molecule has 4 N–H and O–H groups in total. The van der Waals surface area contributed by atoms with Crippen LogP contribution in [0.25, 0.3) is 6.08 Å². The number of aryl methyl sites for hydroxylation is 1. The molecule has 30 heavy (non-hydrogen) atoms. The van der Waals surface area contributed by atoms with E-state index in [9.17, 15) is 9.59 Å². The van der Waals surface area contributed by atoms with Gasteiger partial charge in [0.2, 0.25) is 5.91 Å². The maximum atomic E-state index is 12.4. The first-order valence-electron chi connectivity index (χ1n) is 9.97. The Morgan fingerprint density at radius 3 is 2.37 bits per heavy atom. The van der Waals surface area contributed by atoms with Crippen molar-refractivity contribution in [2.45, 2.75) is 46.6 Å². The summed E-state index contributed by atoms with van der Waals surface area (Å²) < 4.78 is 5.46. The summed E-state index contributed by atoms with van der Waals surface area (Å²) in [6.07, 6.45) is 3.74. The van der Waals surface area contributed by atoms with Crippen molar-refractivity contribution in [2.75, 3.05) is 0 Å². The lowest BCUT2D eigenvalue weighted by molar-refractivity contribution is -0.118. The third kappa shape index (κ3) is 6.30. The summed E-state index contributed by atoms with van der Waals surface area (Å²) in [5.41, 5.74) is 8.60. The van der Waals surface area contributed by atoms with Gasteiger partial charge in [0.05, 0.1) is 5.56 Å². The highest BCUT2D eigenvalue weighted by molar-refractivity contribution is 5.98. The van der Waals surface area contributed by atoms with Gasteiger partial charge in [-0.3, -0.25) is 10.2 Å². The number of esters is 1. The lowest BCUT2D eigenvalue weighted by Crippen LogP contribution is -2.32. The molecule has 2 aromatic carbocycles. The topological polar surface area (TPSA) is 105 Å². The maximum absolute atomic E-state index is 12.4. The third-order valence-electron chi connectivity index (χ3n) is 4.68. The smallest absolute Gasteiger partial charge is 0.343 e. The average molecular weight is 408 g/mol. The third-order valence-corrected chi connectivity index (χ3v) is 4.68. The molecule has 158 valence electrons. The van der Waals surface area contributed by atoms with Gasteiger partial charge in [-0.1, -0.05) is 25.5 Å². The minimum absolute atomic E-state index is 0.0385. The number of carbonyl (C=O) groups is 2. The molecule has 0 aliphatic carbocycles. The summed E-state index contributed by atoms with van der Waals surface area (Å²) in [6, 6.07) is 12.0. The van der Waals surface area contributed by atoms with Gasteiger partial charge in [0.15, 0.2) is 0 Å². The Labute approximate surface area is 177 Å². The van der Waals surface area contributed by atoms with Gasteiger partial charge in [-0.05, 0) is 74.7 Å². The summed E-state index contributed by atoms with van der Waals surface area (Å²) in [5, 5.41) is 10.4. The standard InChI is InChI=1S/C24H29N3O3/c1-5-6-17(4)27-23(28)16(3)13-18-7-9-19(10-8-18)24(29)30-21-12-11-20(22(25)26)14-15(21)2/h7-14,17H,5-6H2,1-4H3,(H3,25,26)(H,27,28)/b16-13+/t17-/m1/s1. The van der Waals surface area contributed by atoms with Crippen molar-refractivity contribution in [1.29, 1.82) is 5.41 Å². The van der Waals surface area contributed by atoms with Crippen LogP contribution in [0, 0.1) is 12.3 Å². The molecule has 6 heteroatoms. The van der Waals surface area contributed by atoms with Crippen LogP contribution < -0.4 is 15.8 Å². The van der Waals surface area contributed by atoms with Gasteiger partial charge in [-0.25, -0.2) is 4.79 Å². The lowest BCUT2D eigenvalue weighted by Gasteiger charge is -2.13. The zero-order valence-corrected chi connectivity index (χ0v) is 17.9. The summed E-state index contributed by atoms with van der Waals surface area (Å²) in [6.45, 7) is 7.63. The van der Waals surface area contributed by atoms with Crippen molar-refractivity contribution >= 4 is 23.8 Å². The fraction of sp³-hybridized carbons (Fsp3) is 0.292. The normalized spacial score (nSPS) is 12.2. The maximum Gasteiger partial charge on any atom is 0.343 e. The van der Waals surface area contributed by atoms with Crippen LogP contribution in [-0.2, 0) is 4.79 Å². The molecule has 1 atom stereocenters. The zero-order chi connectivity index (χ0) is 22.3. The number of amidine groups is 1. The van der Waals surface area contributed by atoms with E-state index in [1.807, 2.05) is 6.92 Å². The fourth-order valence-corrected chi connectivity index (χ4v) is 2.96. The Morgan fingerprint density at radius 1 is 1.17 bits per heavy atom. The number of hydrogen-bond acceptors (Lipinski definition) is 4. The van der Waals surface area contributed by atoms with Crippen LogP contribution in [-0.4, -0.2) is 23.8 Å². The summed E-state index contributed by atoms with van der Waals surface area (Å²) >= 11 is 0. The molecule has 0 saturated carbocycles. The quantitative estimate of drug-likeness (QED) is 0.200. The molecule has 2 aromatic rings. The van der Waals surface area contributed by atoms with Crippen LogP contribution in [0.2, 0.25) is 0 Å². The van der Waals surface area contributed by atoms with E-state index in [0.29, 0.717) is 22.4 Å². The van der Waals surface area contributed by atoms with Crippen molar-refractivity contribution in [1.82, 2.24) is 5.32 Å². The number of nitrogen functional groups attached to an aromatic ring is 1. The number of amides is 1. The number of hydrogen-bond donors (Lipinski definition) is 3. The van der Waals surface area contributed by atoms with E-state index < -0.39 is 5.97 Å². The average Bonchev–Trinajstić information content (AvgIpc) is 2.69. The van der Waals surface area contributed by atoms with Gasteiger partial charge in [0.1, 0.15) is 11.6 Å². The highest BCUT2D eigenvalue weighted by Crippen LogP contribution is 2.21.